The molecule has 0 bridgehead atoms. The highest BCUT2D eigenvalue weighted by molar-refractivity contribution is 7.98. The minimum atomic E-state index is -3.23. The third-order valence-electron chi connectivity index (χ3n) is 4.47. The molecule has 0 radical (unpaired) electrons. The van der Waals surface area contributed by atoms with Gasteiger partial charge in [0.2, 0.25) is 5.91 Å². The summed E-state index contributed by atoms with van der Waals surface area (Å²) in [6.07, 6.45) is 0.169. The summed E-state index contributed by atoms with van der Waals surface area (Å²) in [5, 5.41) is 3.47. The van der Waals surface area contributed by atoms with Crippen LogP contribution in [0.1, 0.15) is 17.4 Å². The zero-order valence-electron chi connectivity index (χ0n) is 15.1. The number of benzene rings is 2. The summed E-state index contributed by atoms with van der Waals surface area (Å²) in [5.74, 6) is 0.745. The summed E-state index contributed by atoms with van der Waals surface area (Å²) < 4.78 is 23.7. The lowest BCUT2D eigenvalue weighted by molar-refractivity contribution is -0.115. The number of thioether (sulfide) groups is 1. The Balaban J connectivity index is 1.46. The highest BCUT2D eigenvalue weighted by Gasteiger charge is 2.21. The number of aromatic nitrogens is 1. The van der Waals surface area contributed by atoms with Crippen LogP contribution in [0.3, 0.4) is 0 Å². The van der Waals surface area contributed by atoms with E-state index in [4.69, 9.17) is 0 Å². The minimum Gasteiger partial charge on any atom is -0.302 e. The van der Waals surface area contributed by atoms with Crippen molar-refractivity contribution in [1.29, 1.82) is 0 Å². The van der Waals surface area contributed by atoms with Gasteiger partial charge in [-0.25, -0.2) is 13.4 Å². The summed E-state index contributed by atoms with van der Waals surface area (Å²) >= 11 is 3.28. The van der Waals surface area contributed by atoms with Crippen LogP contribution in [0.4, 0.5) is 5.13 Å². The van der Waals surface area contributed by atoms with Crippen LogP contribution in [0.2, 0.25) is 0 Å². The quantitative estimate of drug-likeness (QED) is 0.650. The first kappa shape index (κ1) is 19.2. The molecule has 1 amide bonds. The van der Waals surface area contributed by atoms with Crippen LogP contribution in [0, 0.1) is 0 Å². The largest absolute Gasteiger partial charge is 0.302 e. The topological polar surface area (TPSA) is 76.1 Å². The number of nitrogens with zero attached hydrogens (tertiary/aromatic N) is 1. The van der Waals surface area contributed by atoms with Crippen molar-refractivity contribution in [2.24, 2.45) is 0 Å². The fraction of sp³-hybridized carbons (Fsp3) is 0.200. The van der Waals surface area contributed by atoms with Gasteiger partial charge in [-0.2, -0.15) is 0 Å². The summed E-state index contributed by atoms with van der Waals surface area (Å²) in [7, 11) is -3.23. The number of carbonyl (C=O) groups is 1. The van der Waals surface area contributed by atoms with Gasteiger partial charge in [-0.15, -0.1) is 23.1 Å². The number of fused-ring (bicyclic) bond motifs is 3. The Kier molecular flexibility index (Phi) is 5.27. The van der Waals surface area contributed by atoms with Crippen LogP contribution in [0.15, 0.2) is 58.3 Å². The third kappa shape index (κ3) is 3.85. The molecule has 0 unspecified atom stereocenters. The Hall–Kier alpha value is -2.16. The van der Waals surface area contributed by atoms with Crippen LogP contribution in [0.5, 0.6) is 0 Å². The summed E-state index contributed by atoms with van der Waals surface area (Å²) in [6.45, 7) is 1.61. The molecule has 4 rings (SSSR count). The lowest BCUT2D eigenvalue weighted by Crippen LogP contribution is -2.14. The lowest BCUT2D eigenvalue weighted by atomic mass is 10.1. The van der Waals surface area contributed by atoms with E-state index in [9.17, 15) is 13.2 Å². The van der Waals surface area contributed by atoms with Gasteiger partial charge < -0.3 is 5.32 Å². The highest BCUT2D eigenvalue weighted by Crippen LogP contribution is 2.44. The predicted molar refractivity (Wildman–Crippen MR) is 114 cm³/mol. The maximum Gasteiger partial charge on any atom is 0.230 e. The molecular formula is C20H18N2O3S3. The molecular weight excluding hydrogens is 412 g/mol. The van der Waals surface area contributed by atoms with Crippen molar-refractivity contribution < 1.29 is 13.2 Å². The molecule has 1 N–H and O–H groups in total. The van der Waals surface area contributed by atoms with E-state index in [2.05, 4.69) is 22.4 Å². The van der Waals surface area contributed by atoms with Crippen molar-refractivity contribution in [3.63, 3.8) is 0 Å². The number of amides is 1. The van der Waals surface area contributed by atoms with Crippen LogP contribution in [-0.2, 0) is 26.8 Å². The second-order valence-corrected chi connectivity index (χ2v) is 10.7. The van der Waals surface area contributed by atoms with Gasteiger partial charge >= 0.3 is 0 Å². The average molecular weight is 431 g/mol. The van der Waals surface area contributed by atoms with Crippen molar-refractivity contribution in [2.75, 3.05) is 11.1 Å². The number of carbonyl (C=O) groups excluding carboxylic acids is 1. The molecule has 8 heteroatoms. The van der Waals surface area contributed by atoms with Gasteiger partial charge in [-0.3, -0.25) is 4.79 Å². The molecule has 3 aromatic rings. The maximum atomic E-state index is 12.4. The van der Waals surface area contributed by atoms with E-state index < -0.39 is 9.84 Å². The zero-order chi connectivity index (χ0) is 19.7. The van der Waals surface area contributed by atoms with E-state index in [-0.39, 0.29) is 23.0 Å². The summed E-state index contributed by atoms with van der Waals surface area (Å²) in [4.78, 5) is 19.7. The maximum absolute atomic E-state index is 12.4. The molecule has 5 nitrogen and oxygen atoms in total. The van der Waals surface area contributed by atoms with Gasteiger partial charge in [0.1, 0.15) is 0 Å². The van der Waals surface area contributed by atoms with Crippen molar-refractivity contribution in [3.05, 3.63) is 59.0 Å². The van der Waals surface area contributed by atoms with Gasteiger partial charge in [-0.05, 0) is 23.8 Å². The normalized spacial score (nSPS) is 12.9. The molecule has 0 saturated carbocycles. The molecule has 2 heterocycles. The number of hydrogen-bond donors (Lipinski definition) is 1. The molecule has 1 aliphatic heterocycles. The Bertz CT molecular complexity index is 1140. The predicted octanol–water partition coefficient (Wildman–Crippen LogP) is 4.39. The second-order valence-electron chi connectivity index (χ2n) is 6.35. The van der Waals surface area contributed by atoms with Crippen LogP contribution < -0.4 is 5.32 Å². The van der Waals surface area contributed by atoms with Crippen LogP contribution in [-0.4, -0.2) is 25.1 Å². The van der Waals surface area contributed by atoms with Gasteiger partial charge in [0.15, 0.2) is 15.0 Å². The van der Waals surface area contributed by atoms with Gasteiger partial charge in [-0.1, -0.05) is 37.3 Å². The van der Waals surface area contributed by atoms with E-state index in [0.29, 0.717) is 5.13 Å². The molecule has 1 aromatic heterocycles. The smallest absolute Gasteiger partial charge is 0.230 e. The molecule has 1 aliphatic rings. The highest BCUT2D eigenvalue weighted by atomic mass is 32.2. The first-order chi connectivity index (χ1) is 13.5. The van der Waals surface area contributed by atoms with E-state index in [1.165, 1.54) is 16.2 Å². The van der Waals surface area contributed by atoms with Crippen LogP contribution >= 0.6 is 23.1 Å². The zero-order valence-corrected chi connectivity index (χ0v) is 17.6. The van der Waals surface area contributed by atoms with Crippen molar-refractivity contribution >= 4 is 44.0 Å². The number of anilines is 1. The van der Waals surface area contributed by atoms with Gasteiger partial charge in [0.25, 0.3) is 0 Å². The number of rotatable bonds is 5. The van der Waals surface area contributed by atoms with E-state index in [1.54, 1.807) is 43.0 Å². The van der Waals surface area contributed by atoms with Crippen molar-refractivity contribution in [1.82, 2.24) is 4.98 Å². The number of sulfone groups is 1. The molecule has 0 fully saturated rings. The molecule has 0 spiro atoms. The first-order valence-corrected chi connectivity index (χ1v) is 12.2. The van der Waals surface area contributed by atoms with E-state index in [0.717, 1.165) is 27.5 Å². The molecule has 0 saturated heterocycles. The number of hydrogen-bond acceptors (Lipinski definition) is 6. The van der Waals surface area contributed by atoms with E-state index >= 15 is 0 Å². The second kappa shape index (κ2) is 7.69. The van der Waals surface area contributed by atoms with E-state index in [1.807, 2.05) is 12.1 Å². The molecule has 28 heavy (non-hydrogen) atoms. The van der Waals surface area contributed by atoms with Gasteiger partial charge in [0.05, 0.1) is 22.8 Å². The standard InChI is InChI=1S/C20H18N2O3S3/c1-2-28(24,25)14-9-7-13(8-10-14)11-18(23)21-20-22-19-15-5-3-4-6-16(15)26-12-17(19)27-20/h3-10H,2,11-12H2,1H3,(H,21,22,23). The Labute approximate surface area is 172 Å². The van der Waals surface area contributed by atoms with Gasteiger partial charge in [0, 0.05) is 21.1 Å². The molecule has 144 valence electrons. The van der Waals surface area contributed by atoms with Crippen molar-refractivity contribution in [3.8, 4) is 11.3 Å². The fourth-order valence-electron chi connectivity index (χ4n) is 2.98. The Morgan fingerprint density at radius 2 is 1.89 bits per heavy atom. The molecule has 2 aromatic carbocycles. The monoisotopic (exact) mass is 430 g/mol. The Morgan fingerprint density at radius 1 is 1.14 bits per heavy atom. The minimum absolute atomic E-state index is 0.0585. The average Bonchev–Trinajstić information content (AvgIpc) is 3.11. The van der Waals surface area contributed by atoms with Crippen LogP contribution in [0.25, 0.3) is 11.3 Å². The Morgan fingerprint density at radius 3 is 2.64 bits per heavy atom. The fourth-order valence-corrected chi connectivity index (χ4v) is 5.98. The summed E-state index contributed by atoms with van der Waals surface area (Å²) in [5.41, 5.74) is 2.82. The third-order valence-corrected chi connectivity index (χ3v) is 8.48. The number of nitrogens with one attached hydrogen (secondary N) is 1. The SMILES string of the molecule is CCS(=O)(=O)c1ccc(CC(=O)Nc2nc3c(s2)CSc2ccccc2-3)cc1. The van der Waals surface area contributed by atoms with Crippen molar-refractivity contribution in [2.45, 2.75) is 28.9 Å². The lowest BCUT2D eigenvalue weighted by Gasteiger charge is -2.13. The first-order valence-electron chi connectivity index (χ1n) is 8.80. The number of thiazole rings is 1. The summed E-state index contributed by atoms with van der Waals surface area (Å²) in [6, 6.07) is 14.6. The molecule has 0 atom stereocenters. The molecule has 0 aliphatic carbocycles.